The number of aromatic nitrogens is 2. The van der Waals surface area contributed by atoms with Crippen LogP contribution in [-0.4, -0.2) is 9.13 Å². The van der Waals surface area contributed by atoms with Gasteiger partial charge in [0.1, 0.15) is 0 Å². The van der Waals surface area contributed by atoms with Crippen LogP contribution in [0.4, 0.5) is 0 Å². The first-order valence-corrected chi connectivity index (χ1v) is 19.5. The van der Waals surface area contributed by atoms with E-state index >= 15 is 0 Å². The molecule has 12 rings (SSSR count). The molecule has 11 aromatic rings. The lowest BCUT2D eigenvalue weighted by atomic mass is 9.82. The highest BCUT2D eigenvalue weighted by Gasteiger charge is 2.38. The topological polar surface area (TPSA) is 9.86 Å². The molecule has 4 heterocycles. The first-order chi connectivity index (χ1) is 25.0. The number of nitrogens with zero attached hydrogens (tertiary/aromatic N) is 2. The Morgan fingerprint density at radius 3 is 1.65 bits per heavy atom. The van der Waals surface area contributed by atoms with E-state index in [1.54, 1.807) is 0 Å². The van der Waals surface area contributed by atoms with Gasteiger partial charge in [-0.25, -0.2) is 0 Å². The van der Waals surface area contributed by atoms with Gasteiger partial charge in [-0.2, -0.15) is 0 Å². The monoisotopic (exact) mass is 688 g/mol. The fraction of sp³-hybridized carbons (Fsp3) is 0.106. The molecule has 0 N–H and O–H groups in total. The standard InChI is InChI=1S/C47H32N2S2/c1-4-48-37-20-18-29-27-14-8-10-16-41(27)50-45(29)43(37)33-22-31-32-23-34-40(25-36(32)47(2,3)35(31)24-39(33)48)49(26-12-6-5-7-13-26)38-21-19-30-28-15-9-11-17-42(28)51-46(30)44(34)38/h5-25H,4H2,1-3H3. The first kappa shape index (κ1) is 28.3. The van der Waals surface area contributed by atoms with Gasteiger partial charge in [0.05, 0.1) is 16.6 Å². The molecule has 0 atom stereocenters. The molecule has 0 radical (unpaired) electrons. The van der Waals surface area contributed by atoms with Crippen molar-refractivity contribution >= 4 is 107 Å². The third-order valence-electron chi connectivity index (χ3n) is 11.9. The summed E-state index contributed by atoms with van der Waals surface area (Å²) in [4.78, 5) is 0. The lowest BCUT2D eigenvalue weighted by Crippen LogP contribution is -2.15. The van der Waals surface area contributed by atoms with E-state index in [2.05, 4.69) is 157 Å². The van der Waals surface area contributed by atoms with E-state index in [1.165, 1.54) is 112 Å². The Kier molecular flexibility index (Phi) is 5.36. The predicted octanol–water partition coefficient (Wildman–Crippen LogP) is 14.0. The fourth-order valence-electron chi connectivity index (χ4n) is 9.55. The van der Waals surface area contributed by atoms with Gasteiger partial charge < -0.3 is 9.13 Å². The third-order valence-corrected chi connectivity index (χ3v) is 14.3. The molecule has 0 unspecified atom stereocenters. The number of hydrogen-bond donors (Lipinski definition) is 0. The molecule has 0 amide bonds. The van der Waals surface area contributed by atoms with Crippen molar-refractivity contribution in [3.63, 3.8) is 0 Å². The van der Waals surface area contributed by atoms with Crippen molar-refractivity contribution in [2.75, 3.05) is 0 Å². The Bertz CT molecular complexity index is 3310. The molecular formula is C47H32N2S2. The SMILES string of the molecule is CCn1c2cc3c(cc2c2c4sc5ccccc5c4ccc21)-c1cc2c4c5sc6ccccc6c5ccc4n(-c4ccccc4)c2cc1C3(C)C. The van der Waals surface area contributed by atoms with E-state index in [4.69, 9.17) is 0 Å². The molecule has 4 aromatic heterocycles. The van der Waals surface area contributed by atoms with Crippen LogP contribution in [0, 0.1) is 0 Å². The average molecular weight is 689 g/mol. The second-order valence-electron chi connectivity index (χ2n) is 14.7. The van der Waals surface area contributed by atoms with Crippen LogP contribution >= 0.6 is 22.7 Å². The molecule has 0 saturated heterocycles. The quantitative estimate of drug-likeness (QED) is 0.171. The summed E-state index contributed by atoms with van der Waals surface area (Å²) in [5.74, 6) is 0. The van der Waals surface area contributed by atoms with Crippen LogP contribution in [0.5, 0.6) is 0 Å². The van der Waals surface area contributed by atoms with E-state index in [-0.39, 0.29) is 5.41 Å². The molecule has 2 nitrogen and oxygen atoms in total. The van der Waals surface area contributed by atoms with E-state index in [0.717, 1.165) is 6.54 Å². The smallest absolute Gasteiger partial charge is 0.0555 e. The van der Waals surface area contributed by atoms with E-state index in [9.17, 15) is 0 Å². The van der Waals surface area contributed by atoms with Crippen LogP contribution in [0.2, 0.25) is 0 Å². The highest BCUT2D eigenvalue weighted by atomic mass is 32.1. The maximum absolute atomic E-state index is 2.55. The fourth-order valence-corrected chi connectivity index (χ4v) is 12.1. The lowest BCUT2D eigenvalue weighted by Gasteiger charge is -2.22. The average Bonchev–Trinajstić information content (AvgIpc) is 3.93. The van der Waals surface area contributed by atoms with Gasteiger partial charge in [-0.15, -0.1) is 22.7 Å². The number of fused-ring (bicyclic) bond motifs is 17. The van der Waals surface area contributed by atoms with Crippen LogP contribution in [0.15, 0.2) is 127 Å². The summed E-state index contributed by atoms with van der Waals surface area (Å²) in [5.41, 5.74) is 11.8. The van der Waals surface area contributed by atoms with Crippen LogP contribution in [0.3, 0.4) is 0 Å². The van der Waals surface area contributed by atoms with E-state index in [1.807, 2.05) is 22.7 Å². The number of thiophene rings is 2. The Labute approximate surface area is 302 Å². The van der Waals surface area contributed by atoms with E-state index in [0.29, 0.717) is 0 Å². The van der Waals surface area contributed by atoms with Crippen molar-refractivity contribution in [3.8, 4) is 16.8 Å². The molecular weight excluding hydrogens is 657 g/mol. The zero-order valence-electron chi connectivity index (χ0n) is 28.5. The van der Waals surface area contributed by atoms with Crippen molar-refractivity contribution in [1.29, 1.82) is 0 Å². The summed E-state index contributed by atoms with van der Waals surface area (Å²) in [5, 5.41) is 10.9. The van der Waals surface area contributed by atoms with Crippen LogP contribution in [-0.2, 0) is 12.0 Å². The molecule has 0 bridgehead atoms. The highest BCUT2D eigenvalue weighted by Crippen LogP contribution is 2.54. The number of rotatable bonds is 2. The summed E-state index contributed by atoms with van der Waals surface area (Å²) in [6, 6.07) is 48.2. The zero-order chi connectivity index (χ0) is 33.7. The maximum atomic E-state index is 2.55. The maximum Gasteiger partial charge on any atom is 0.0555 e. The molecule has 0 spiro atoms. The minimum Gasteiger partial charge on any atom is -0.341 e. The van der Waals surface area contributed by atoms with Crippen molar-refractivity contribution in [2.24, 2.45) is 0 Å². The Hall–Kier alpha value is -5.42. The largest absolute Gasteiger partial charge is 0.341 e. The van der Waals surface area contributed by atoms with Gasteiger partial charge in [-0.05, 0) is 89.8 Å². The molecule has 0 saturated carbocycles. The lowest BCUT2D eigenvalue weighted by molar-refractivity contribution is 0.661. The first-order valence-electron chi connectivity index (χ1n) is 17.9. The minimum atomic E-state index is -0.153. The second-order valence-corrected chi connectivity index (χ2v) is 16.8. The molecule has 0 fully saturated rings. The van der Waals surface area contributed by atoms with Crippen LogP contribution in [0.1, 0.15) is 31.9 Å². The normalized spacial score (nSPS) is 14.0. The summed E-state index contributed by atoms with van der Waals surface area (Å²) in [6.45, 7) is 8.08. The number of aryl methyl sites for hydroxylation is 1. The van der Waals surface area contributed by atoms with Crippen molar-refractivity contribution in [3.05, 3.63) is 139 Å². The van der Waals surface area contributed by atoms with Crippen molar-refractivity contribution in [1.82, 2.24) is 9.13 Å². The minimum absolute atomic E-state index is 0.153. The van der Waals surface area contributed by atoms with E-state index < -0.39 is 0 Å². The van der Waals surface area contributed by atoms with Gasteiger partial charge in [0.25, 0.3) is 0 Å². The molecule has 0 aliphatic heterocycles. The van der Waals surface area contributed by atoms with Gasteiger partial charge in [-0.1, -0.05) is 80.6 Å². The Balaban J connectivity index is 1.23. The second kappa shape index (κ2) is 9.67. The van der Waals surface area contributed by atoms with Gasteiger partial charge >= 0.3 is 0 Å². The highest BCUT2D eigenvalue weighted by molar-refractivity contribution is 7.27. The van der Waals surface area contributed by atoms with Crippen LogP contribution in [0.25, 0.3) is 101 Å². The number of benzene rings is 7. The summed E-state index contributed by atoms with van der Waals surface area (Å²) in [7, 11) is 0. The molecule has 7 aromatic carbocycles. The number of para-hydroxylation sites is 1. The Morgan fingerprint density at radius 1 is 0.490 bits per heavy atom. The summed E-state index contributed by atoms with van der Waals surface area (Å²) >= 11 is 3.87. The molecule has 51 heavy (non-hydrogen) atoms. The molecule has 242 valence electrons. The van der Waals surface area contributed by atoms with Gasteiger partial charge in [0, 0.05) is 85.1 Å². The Morgan fingerprint density at radius 2 is 1.02 bits per heavy atom. The number of hydrogen-bond acceptors (Lipinski definition) is 2. The van der Waals surface area contributed by atoms with Crippen molar-refractivity contribution < 1.29 is 0 Å². The van der Waals surface area contributed by atoms with Crippen molar-refractivity contribution in [2.45, 2.75) is 32.7 Å². The zero-order valence-corrected chi connectivity index (χ0v) is 30.2. The van der Waals surface area contributed by atoms with Gasteiger partial charge in [-0.3, -0.25) is 0 Å². The summed E-state index contributed by atoms with van der Waals surface area (Å²) in [6.07, 6.45) is 0. The van der Waals surface area contributed by atoms with Gasteiger partial charge in [0.2, 0.25) is 0 Å². The van der Waals surface area contributed by atoms with Crippen LogP contribution < -0.4 is 0 Å². The molecule has 4 heteroatoms. The van der Waals surface area contributed by atoms with Gasteiger partial charge in [0.15, 0.2) is 0 Å². The summed E-state index contributed by atoms with van der Waals surface area (Å²) < 4.78 is 10.5. The molecule has 1 aliphatic carbocycles. The predicted molar refractivity (Wildman–Crippen MR) is 223 cm³/mol. The molecule has 1 aliphatic rings. The third kappa shape index (κ3) is 3.47.